The van der Waals surface area contributed by atoms with Gasteiger partial charge in [-0.1, -0.05) is 24.3 Å². The van der Waals surface area contributed by atoms with Crippen molar-refractivity contribution >= 4 is 11.9 Å². The molecule has 0 spiro atoms. The van der Waals surface area contributed by atoms with E-state index in [1.54, 1.807) is 12.4 Å². The van der Waals surface area contributed by atoms with Crippen molar-refractivity contribution in [2.75, 3.05) is 44.7 Å². The molecule has 1 aromatic carbocycles. The van der Waals surface area contributed by atoms with Gasteiger partial charge in [-0.2, -0.15) is 0 Å². The van der Waals surface area contributed by atoms with Crippen molar-refractivity contribution in [2.45, 2.75) is 25.3 Å². The van der Waals surface area contributed by atoms with Crippen LogP contribution in [0.3, 0.4) is 0 Å². The molecule has 0 radical (unpaired) electrons. The van der Waals surface area contributed by atoms with Crippen molar-refractivity contribution in [2.24, 2.45) is 0 Å². The Hall–Kier alpha value is -2.47. The number of piperazine rings is 1. The maximum Gasteiger partial charge on any atom is 0.278 e. The molecule has 1 N–H and O–H groups in total. The van der Waals surface area contributed by atoms with E-state index < -0.39 is 0 Å². The highest BCUT2D eigenvalue weighted by atomic mass is 16.2. The Kier molecular flexibility index (Phi) is 5.34. The summed E-state index contributed by atoms with van der Waals surface area (Å²) in [6, 6.07) is 10.6. The van der Waals surface area contributed by atoms with Gasteiger partial charge in [0, 0.05) is 19.4 Å². The minimum atomic E-state index is 0.223. The molecule has 4 rings (SSSR count). The van der Waals surface area contributed by atoms with Crippen LogP contribution < -0.4 is 9.80 Å². The quantitative estimate of drug-likeness (QED) is 0.866. The lowest BCUT2D eigenvalue weighted by molar-refractivity contribution is -0.892. The molecule has 1 atom stereocenters. The van der Waals surface area contributed by atoms with Crippen LogP contribution in [0.25, 0.3) is 0 Å². The second-order valence-corrected chi connectivity index (χ2v) is 7.57. The highest BCUT2D eigenvalue weighted by Crippen LogP contribution is 2.33. The van der Waals surface area contributed by atoms with E-state index in [9.17, 15) is 4.79 Å². The van der Waals surface area contributed by atoms with Gasteiger partial charge in [-0.15, -0.1) is 0 Å². The molecule has 1 aliphatic heterocycles. The number of rotatable bonds is 4. The number of carbonyl (C=O) groups is 1. The Morgan fingerprint density at radius 2 is 1.93 bits per heavy atom. The molecular weight excluding hydrogens is 338 g/mol. The van der Waals surface area contributed by atoms with Gasteiger partial charge < -0.3 is 14.7 Å². The number of likely N-dealkylation sites (N-methyl/N-ethyl adjacent to an activating group) is 1. The molecule has 1 saturated heterocycles. The highest BCUT2D eigenvalue weighted by Gasteiger charge is 2.30. The minimum absolute atomic E-state index is 0.223. The average molecular weight is 366 g/mol. The molecule has 2 aromatic rings. The first-order chi connectivity index (χ1) is 13.2. The number of fused-ring (bicyclic) bond motifs is 1. The third-order valence-corrected chi connectivity index (χ3v) is 5.91. The molecule has 6 heteroatoms. The van der Waals surface area contributed by atoms with Crippen molar-refractivity contribution < 1.29 is 9.69 Å². The molecule has 1 aromatic heterocycles. The van der Waals surface area contributed by atoms with Crippen LogP contribution in [0.15, 0.2) is 42.7 Å². The summed E-state index contributed by atoms with van der Waals surface area (Å²) in [7, 11) is 1.97. The zero-order valence-corrected chi connectivity index (χ0v) is 16.0. The van der Waals surface area contributed by atoms with Crippen LogP contribution >= 0.6 is 0 Å². The van der Waals surface area contributed by atoms with Gasteiger partial charge in [0.2, 0.25) is 5.95 Å². The lowest BCUT2D eigenvalue weighted by Gasteiger charge is -2.35. The molecule has 6 nitrogen and oxygen atoms in total. The van der Waals surface area contributed by atoms with Gasteiger partial charge in [0.25, 0.3) is 5.91 Å². The monoisotopic (exact) mass is 366 g/mol. The summed E-state index contributed by atoms with van der Waals surface area (Å²) >= 11 is 0. The Bertz CT molecular complexity index is 773. The molecular formula is C21H28N5O+. The molecule has 0 unspecified atom stereocenters. The summed E-state index contributed by atoms with van der Waals surface area (Å²) in [6.07, 6.45) is 6.91. The third kappa shape index (κ3) is 3.95. The predicted molar refractivity (Wildman–Crippen MR) is 105 cm³/mol. The Morgan fingerprint density at radius 1 is 1.19 bits per heavy atom. The number of hydrogen-bond donors (Lipinski definition) is 1. The maximum absolute atomic E-state index is 12.9. The predicted octanol–water partition coefficient (Wildman–Crippen LogP) is 0.718. The largest absolute Gasteiger partial charge is 0.334 e. The number of hydrogen-bond acceptors (Lipinski definition) is 4. The van der Waals surface area contributed by atoms with Crippen LogP contribution in [0.5, 0.6) is 0 Å². The number of amides is 1. The first-order valence-electron chi connectivity index (χ1n) is 9.91. The van der Waals surface area contributed by atoms with E-state index in [1.165, 1.54) is 16.0 Å². The fraction of sp³-hybridized carbons (Fsp3) is 0.476. The van der Waals surface area contributed by atoms with E-state index in [1.807, 2.05) is 18.0 Å². The van der Waals surface area contributed by atoms with Gasteiger partial charge in [0.05, 0.1) is 32.2 Å². The first-order valence-corrected chi connectivity index (χ1v) is 9.91. The number of carbonyl (C=O) groups excluding carboxylic acids is 1. The Morgan fingerprint density at radius 3 is 2.70 bits per heavy atom. The number of quaternary nitrogens is 1. The standard InChI is InChI=1S/C21H27N5O/c1-24(19-9-4-7-17-6-2-3-8-18(17)19)20(27)16-25-12-14-26(15-13-25)21-22-10-5-11-23-21/h2-3,5-6,8,10-11,19H,4,7,9,12-16H2,1H3/p+1/t19-/m0/s1. The maximum atomic E-state index is 12.9. The highest BCUT2D eigenvalue weighted by molar-refractivity contribution is 5.77. The lowest BCUT2D eigenvalue weighted by Crippen LogP contribution is -3.15. The Balaban J connectivity index is 1.34. The number of nitrogens with zero attached hydrogens (tertiary/aromatic N) is 4. The summed E-state index contributed by atoms with van der Waals surface area (Å²) < 4.78 is 0. The lowest BCUT2D eigenvalue weighted by atomic mass is 9.87. The van der Waals surface area contributed by atoms with E-state index >= 15 is 0 Å². The second-order valence-electron chi connectivity index (χ2n) is 7.57. The molecule has 1 aliphatic carbocycles. The summed E-state index contributed by atoms with van der Waals surface area (Å²) in [6.45, 7) is 4.24. The van der Waals surface area contributed by atoms with Crippen LogP contribution in [0.1, 0.15) is 30.0 Å². The average Bonchev–Trinajstić information content (AvgIpc) is 2.74. The fourth-order valence-corrected chi connectivity index (χ4v) is 4.30. The molecule has 0 saturated carbocycles. The molecule has 2 aliphatic rings. The number of anilines is 1. The van der Waals surface area contributed by atoms with Gasteiger partial charge in [-0.3, -0.25) is 4.79 Å². The van der Waals surface area contributed by atoms with E-state index in [-0.39, 0.29) is 11.9 Å². The number of aryl methyl sites for hydroxylation is 1. The van der Waals surface area contributed by atoms with Crippen LogP contribution in [-0.4, -0.2) is 60.5 Å². The minimum Gasteiger partial charge on any atom is -0.334 e. The summed E-state index contributed by atoms with van der Waals surface area (Å²) in [5.41, 5.74) is 2.73. The Labute approximate surface area is 160 Å². The molecule has 27 heavy (non-hydrogen) atoms. The van der Waals surface area contributed by atoms with E-state index in [2.05, 4.69) is 39.1 Å². The third-order valence-electron chi connectivity index (χ3n) is 5.91. The molecule has 142 valence electrons. The van der Waals surface area contributed by atoms with Crippen molar-refractivity contribution in [1.29, 1.82) is 0 Å². The van der Waals surface area contributed by atoms with Crippen LogP contribution in [-0.2, 0) is 11.2 Å². The summed E-state index contributed by atoms with van der Waals surface area (Å²) in [5.74, 6) is 1.04. The van der Waals surface area contributed by atoms with Gasteiger partial charge in [0.15, 0.2) is 6.54 Å². The number of benzene rings is 1. The molecule has 1 fully saturated rings. The zero-order valence-electron chi connectivity index (χ0n) is 16.0. The van der Waals surface area contributed by atoms with Gasteiger partial charge in [-0.05, 0) is 36.5 Å². The van der Waals surface area contributed by atoms with Crippen LogP contribution in [0.2, 0.25) is 0 Å². The number of aromatic nitrogens is 2. The summed E-state index contributed by atoms with van der Waals surface area (Å²) in [5, 5.41) is 0. The SMILES string of the molecule is CN(C(=O)C[NH+]1CCN(c2ncccn2)CC1)[C@H]1CCCc2ccccc21. The van der Waals surface area contributed by atoms with Crippen molar-refractivity contribution in [3.05, 3.63) is 53.9 Å². The van der Waals surface area contributed by atoms with E-state index in [4.69, 9.17) is 0 Å². The van der Waals surface area contributed by atoms with Gasteiger partial charge in [-0.25, -0.2) is 9.97 Å². The van der Waals surface area contributed by atoms with Gasteiger partial charge in [0.1, 0.15) is 0 Å². The van der Waals surface area contributed by atoms with Crippen LogP contribution in [0, 0.1) is 0 Å². The van der Waals surface area contributed by atoms with E-state index in [0.29, 0.717) is 6.54 Å². The smallest absolute Gasteiger partial charge is 0.278 e. The fourth-order valence-electron chi connectivity index (χ4n) is 4.30. The topological polar surface area (TPSA) is 53.8 Å². The van der Waals surface area contributed by atoms with E-state index in [0.717, 1.165) is 51.4 Å². The van der Waals surface area contributed by atoms with Crippen molar-refractivity contribution in [1.82, 2.24) is 14.9 Å². The number of nitrogens with one attached hydrogen (secondary N) is 1. The summed E-state index contributed by atoms with van der Waals surface area (Å²) in [4.78, 5) is 27.1. The van der Waals surface area contributed by atoms with Crippen molar-refractivity contribution in [3.63, 3.8) is 0 Å². The molecule has 1 amide bonds. The van der Waals surface area contributed by atoms with Gasteiger partial charge >= 0.3 is 0 Å². The zero-order chi connectivity index (χ0) is 18.6. The molecule has 2 heterocycles. The molecule has 0 bridgehead atoms. The second kappa shape index (κ2) is 8.05. The first kappa shape index (κ1) is 17.9. The van der Waals surface area contributed by atoms with Crippen molar-refractivity contribution in [3.8, 4) is 0 Å². The van der Waals surface area contributed by atoms with Crippen LogP contribution in [0.4, 0.5) is 5.95 Å². The normalized spacial score (nSPS) is 20.2.